The van der Waals surface area contributed by atoms with Crippen LogP contribution < -0.4 is 19.1 Å². The number of benzene rings is 2. The van der Waals surface area contributed by atoms with Crippen molar-refractivity contribution in [3.8, 4) is 34.3 Å². The molecule has 14 heteroatoms. The summed E-state index contributed by atoms with van der Waals surface area (Å²) >= 11 is 0. The van der Waals surface area contributed by atoms with Gasteiger partial charge in [0.1, 0.15) is 0 Å². The summed E-state index contributed by atoms with van der Waals surface area (Å²) in [5.74, 6) is 1.33. The maximum Gasteiger partial charge on any atom is 0.245 e. The molecule has 0 aliphatic heterocycles. The van der Waals surface area contributed by atoms with Crippen molar-refractivity contribution in [3.63, 3.8) is 0 Å². The molecular weight excluding hydrogens is 995 g/mol. The van der Waals surface area contributed by atoms with Crippen LogP contribution in [0, 0.1) is 25.3 Å². The minimum Gasteiger partial charge on any atom is -0.659 e. The summed E-state index contributed by atoms with van der Waals surface area (Å²) in [5, 5.41) is 4.09. The second-order valence-corrected chi connectivity index (χ2v) is 11.7. The maximum atomic E-state index is 5.74. The number of furan rings is 2. The summed E-state index contributed by atoms with van der Waals surface area (Å²) in [6.07, 6.45) is 27.1. The van der Waals surface area contributed by atoms with E-state index >= 15 is 0 Å². The summed E-state index contributed by atoms with van der Waals surface area (Å²) in [4.78, 5) is 18.3. The Bertz CT molecular complexity index is 2570. The number of hydrogen-bond acceptors (Lipinski definition) is 4. The van der Waals surface area contributed by atoms with Crippen molar-refractivity contribution in [1.29, 1.82) is 0 Å². The Balaban J connectivity index is 0.000000151. The number of aryl methyl sites for hydroxylation is 4. The average Bonchev–Trinajstić information content (AvgIpc) is 3.91. The quantitative estimate of drug-likeness (QED) is 0.192. The predicted molar refractivity (Wildman–Crippen MR) is 175 cm³/mol. The topological polar surface area (TPSA) is 108 Å². The van der Waals surface area contributed by atoms with E-state index in [1.54, 1.807) is 12.5 Å². The molecule has 0 N–H and O–H groups in total. The summed E-state index contributed by atoms with van der Waals surface area (Å²) < 4.78 is 22.4. The van der Waals surface area contributed by atoms with Crippen LogP contribution in [-0.4, -0.2) is 28.2 Å². The van der Waals surface area contributed by atoms with Gasteiger partial charge >= 0.3 is 0 Å². The van der Waals surface area contributed by atoms with E-state index in [9.17, 15) is 0 Å². The third-order valence-corrected chi connectivity index (χ3v) is 8.28. The van der Waals surface area contributed by atoms with Crippen LogP contribution in [0.1, 0.15) is 0 Å². The fourth-order valence-electron chi connectivity index (χ4n) is 6.06. The molecule has 0 saturated carbocycles. The van der Waals surface area contributed by atoms with E-state index < -0.39 is 0 Å². The van der Waals surface area contributed by atoms with Gasteiger partial charge in [0.15, 0.2) is 11.8 Å². The third-order valence-electron chi connectivity index (χ3n) is 8.28. The first-order valence-electron chi connectivity index (χ1n) is 15.1. The minimum atomic E-state index is 0. The number of rotatable bonds is 4. The van der Waals surface area contributed by atoms with Crippen LogP contribution in [0.3, 0.4) is 0 Å². The summed E-state index contributed by atoms with van der Waals surface area (Å²) in [6.45, 7) is 0. The van der Waals surface area contributed by atoms with E-state index in [2.05, 4.69) is 47.4 Å². The molecule has 50 heavy (non-hydrogen) atoms. The van der Waals surface area contributed by atoms with Gasteiger partial charge in [0.05, 0.1) is 26.6 Å². The summed E-state index contributed by atoms with van der Waals surface area (Å²) in [6, 6.07) is 12.2. The number of para-hydroxylation sites is 2. The normalized spacial score (nSPS) is 11.3. The average molecular weight is 1020 g/mol. The van der Waals surface area contributed by atoms with Crippen LogP contribution in [0.5, 0.6) is 0 Å². The van der Waals surface area contributed by atoms with Gasteiger partial charge in [-0.15, -0.1) is 23.4 Å². The zero-order chi connectivity index (χ0) is 32.5. The Hall–Kier alpha value is -5.18. The zero-order valence-corrected chi connectivity index (χ0v) is 31.5. The Morgan fingerprint density at radius 3 is 1.42 bits per heavy atom. The van der Waals surface area contributed by atoms with Crippen LogP contribution >= 0.6 is 0 Å². The molecule has 0 saturated heterocycles. The van der Waals surface area contributed by atoms with E-state index in [-0.39, 0.29) is 42.1 Å². The predicted octanol–water partition coefficient (Wildman–Crippen LogP) is 4.31. The molecule has 0 fully saturated rings. The first-order chi connectivity index (χ1) is 23.4. The molecule has 0 spiro atoms. The zero-order valence-electron chi connectivity index (χ0n) is 27.0. The van der Waals surface area contributed by atoms with Crippen molar-refractivity contribution in [2.45, 2.75) is 0 Å². The van der Waals surface area contributed by atoms with Crippen LogP contribution in [0.4, 0.5) is 0 Å². The Morgan fingerprint density at radius 2 is 1.06 bits per heavy atom. The van der Waals surface area contributed by atoms with Gasteiger partial charge < -0.3 is 47.0 Å². The molecule has 8 aromatic heterocycles. The van der Waals surface area contributed by atoms with Crippen LogP contribution in [0.2, 0.25) is 0 Å². The number of fused-ring (bicyclic) bond motifs is 6. The van der Waals surface area contributed by atoms with E-state index in [1.807, 2.05) is 117 Å². The molecular formula is C36H26N10O2Pt2-4. The van der Waals surface area contributed by atoms with Gasteiger partial charge in [0.2, 0.25) is 12.7 Å². The molecule has 10 aromatic rings. The molecule has 0 aliphatic carbocycles. The van der Waals surface area contributed by atoms with E-state index in [4.69, 9.17) is 18.8 Å². The van der Waals surface area contributed by atoms with Gasteiger partial charge in [-0.25, -0.2) is 0 Å². The molecule has 2 aromatic carbocycles. The largest absolute Gasteiger partial charge is 0.659 e. The third kappa shape index (κ3) is 5.49. The standard InChI is InChI=1S/2C18H13N5O.2Pt/c2*1-21-6-7-23(11-21)18-17-14(9-24-18)12-4-3-5-13(16(12)20-17)15-8-22(2)10-19-15;;/h2*3-9H,1-2H3;;/q2*-2;;. The fraction of sp³-hybridized carbons (Fsp3) is 0.111. The van der Waals surface area contributed by atoms with Crippen molar-refractivity contribution in [1.82, 2.24) is 38.2 Å². The summed E-state index contributed by atoms with van der Waals surface area (Å²) in [7, 11) is 7.65. The molecule has 10 rings (SSSR count). The second-order valence-electron chi connectivity index (χ2n) is 11.7. The fourth-order valence-corrected chi connectivity index (χ4v) is 6.06. The van der Waals surface area contributed by atoms with Crippen molar-refractivity contribution >= 4 is 43.6 Å². The van der Waals surface area contributed by atoms with E-state index in [1.165, 1.54) is 0 Å². The van der Waals surface area contributed by atoms with Crippen LogP contribution in [0.15, 0.2) is 94.9 Å². The van der Waals surface area contributed by atoms with Gasteiger partial charge in [0, 0.05) is 79.6 Å². The molecule has 256 valence electrons. The molecule has 0 bridgehead atoms. The molecule has 0 radical (unpaired) electrons. The van der Waals surface area contributed by atoms with Gasteiger partial charge in [-0.05, 0) is 35.6 Å². The minimum absolute atomic E-state index is 0. The van der Waals surface area contributed by atoms with Gasteiger partial charge in [-0.1, -0.05) is 69.9 Å². The molecule has 0 atom stereocenters. The van der Waals surface area contributed by atoms with E-state index in [0.717, 1.165) is 66.1 Å². The molecule has 12 nitrogen and oxygen atoms in total. The van der Waals surface area contributed by atoms with Crippen molar-refractivity contribution < 1.29 is 60.1 Å². The van der Waals surface area contributed by atoms with Gasteiger partial charge in [0.25, 0.3) is 0 Å². The smallest absolute Gasteiger partial charge is 0.245 e. The molecule has 8 heterocycles. The molecule has 0 aliphatic rings. The Labute approximate surface area is 314 Å². The SMILES string of the molecule is Cn1[c-]nc(-c2cccc3c2[n-]c2c(-n4[c-][n+](C)cc4)occ23)c1.Cn1[c-]nc(-c2cccc3c2[n-]c2c(-n4[c-][n+](C)cc4)occ23)c1.[Pt].[Pt]. The molecule has 0 unspecified atom stereocenters. The molecule has 0 amide bonds. The number of nitrogens with zero attached hydrogens (tertiary/aromatic N) is 10. The summed E-state index contributed by atoms with van der Waals surface area (Å²) in [5.41, 5.74) is 7.20. The van der Waals surface area contributed by atoms with Gasteiger partial charge in [-0.2, -0.15) is 0 Å². The first-order valence-corrected chi connectivity index (χ1v) is 15.1. The first kappa shape index (κ1) is 33.3. The van der Waals surface area contributed by atoms with Crippen molar-refractivity contribution in [2.24, 2.45) is 28.2 Å². The van der Waals surface area contributed by atoms with Gasteiger partial charge in [-0.3, -0.25) is 9.13 Å². The number of aromatic nitrogens is 10. The number of hydrogen-bond donors (Lipinski definition) is 0. The van der Waals surface area contributed by atoms with Crippen LogP contribution in [0.25, 0.3) is 77.9 Å². The van der Waals surface area contributed by atoms with Crippen molar-refractivity contribution in [2.75, 3.05) is 0 Å². The maximum absolute atomic E-state index is 5.74. The Morgan fingerprint density at radius 1 is 0.620 bits per heavy atom. The Kier molecular flexibility index (Phi) is 8.62. The second kappa shape index (κ2) is 12.9. The van der Waals surface area contributed by atoms with Crippen LogP contribution in [-0.2, 0) is 70.3 Å². The van der Waals surface area contributed by atoms with E-state index in [0.29, 0.717) is 11.8 Å². The monoisotopic (exact) mass is 1020 g/mol. The number of imidazole rings is 4. The van der Waals surface area contributed by atoms with Crippen molar-refractivity contribution in [3.05, 3.63) is 111 Å².